The third-order valence-corrected chi connectivity index (χ3v) is 5.07. The molecular formula is C17H35N3. The molecular weight excluding hydrogens is 246 g/mol. The molecule has 2 aliphatic heterocycles. The van der Waals surface area contributed by atoms with Gasteiger partial charge in [-0.2, -0.15) is 0 Å². The maximum absolute atomic E-state index is 2.76. The van der Waals surface area contributed by atoms with Gasteiger partial charge < -0.3 is 4.90 Å². The normalized spacial score (nSPS) is 35.4. The first-order valence-electron chi connectivity index (χ1n) is 8.43. The Bertz CT molecular complexity index is 302. The summed E-state index contributed by atoms with van der Waals surface area (Å²) in [4.78, 5) is 7.94. The van der Waals surface area contributed by atoms with Crippen LogP contribution in [0.5, 0.6) is 0 Å². The van der Waals surface area contributed by atoms with Gasteiger partial charge in [0.15, 0.2) is 0 Å². The number of nitrogens with zero attached hydrogens (tertiary/aromatic N) is 3. The number of hydrogen-bond acceptors (Lipinski definition) is 3. The van der Waals surface area contributed by atoms with Gasteiger partial charge in [0, 0.05) is 51.4 Å². The molecule has 0 radical (unpaired) electrons. The standard InChI is InChI=1S/C17H35N3/c1-14-12-20(13-17(3,4)5)15(2)11-16(14)19-9-7-18(6)8-10-19/h14-16H,7-13H2,1-6H3/t14-,15+,16?/m0/s1. The van der Waals surface area contributed by atoms with Crippen molar-refractivity contribution in [3.63, 3.8) is 0 Å². The Labute approximate surface area is 126 Å². The topological polar surface area (TPSA) is 9.72 Å². The van der Waals surface area contributed by atoms with Gasteiger partial charge >= 0.3 is 0 Å². The zero-order valence-electron chi connectivity index (χ0n) is 14.5. The Balaban J connectivity index is 1.92. The summed E-state index contributed by atoms with van der Waals surface area (Å²) in [7, 11) is 2.25. The molecule has 0 amide bonds. The summed E-state index contributed by atoms with van der Waals surface area (Å²) in [6, 6.07) is 1.53. The molecule has 0 saturated carbocycles. The summed E-state index contributed by atoms with van der Waals surface area (Å²) < 4.78 is 0. The van der Waals surface area contributed by atoms with Crippen molar-refractivity contribution in [3.05, 3.63) is 0 Å². The lowest BCUT2D eigenvalue weighted by molar-refractivity contribution is 0.000165. The molecule has 0 spiro atoms. The van der Waals surface area contributed by atoms with Crippen molar-refractivity contribution in [1.29, 1.82) is 0 Å². The first-order valence-corrected chi connectivity index (χ1v) is 8.43. The van der Waals surface area contributed by atoms with Crippen LogP contribution in [0.3, 0.4) is 0 Å². The quantitative estimate of drug-likeness (QED) is 0.769. The van der Waals surface area contributed by atoms with Gasteiger partial charge in [-0.1, -0.05) is 27.7 Å². The van der Waals surface area contributed by atoms with Crippen LogP contribution in [0.2, 0.25) is 0 Å². The molecule has 2 rings (SSSR count). The molecule has 0 aromatic rings. The minimum Gasteiger partial charge on any atom is -0.304 e. The van der Waals surface area contributed by atoms with Gasteiger partial charge in [0.1, 0.15) is 0 Å². The number of rotatable bonds is 2. The van der Waals surface area contributed by atoms with Crippen LogP contribution in [0.4, 0.5) is 0 Å². The zero-order chi connectivity index (χ0) is 14.9. The van der Waals surface area contributed by atoms with E-state index in [1.54, 1.807) is 0 Å². The number of likely N-dealkylation sites (tertiary alicyclic amines) is 1. The number of likely N-dealkylation sites (N-methyl/N-ethyl adjacent to an activating group) is 1. The van der Waals surface area contributed by atoms with E-state index in [9.17, 15) is 0 Å². The van der Waals surface area contributed by atoms with Crippen molar-refractivity contribution in [3.8, 4) is 0 Å². The average molecular weight is 281 g/mol. The predicted octanol–water partition coefficient (Wildman–Crippen LogP) is 2.38. The average Bonchev–Trinajstić information content (AvgIpc) is 2.33. The molecule has 2 heterocycles. The molecule has 3 heteroatoms. The van der Waals surface area contributed by atoms with Crippen molar-refractivity contribution < 1.29 is 0 Å². The second kappa shape index (κ2) is 6.33. The van der Waals surface area contributed by atoms with Crippen molar-refractivity contribution in [2.75, 3.05) is 46.3 Å². The highest BCUT2D eigenvalue weighted by Crippen LogP contribution is 2.29. The van der Waals surface area contributed by atoms with Gasteiger partial charge in [0.25, 0.3) is 0 Å². The van der Waals surface area contributed by atoms with E-state index in [0.717, 1.165) is 18.0 Å². The molecule has 3 nitrogen and oxygen atoms in total. The van der Waals surface area contributed by atoms with Crippen molar-refractivity contribution >= 4 is 0 Å². The molecule has 0 N–H and O–H groups in total. The predicted molar refractivity (Wildman–Crippen MR) is 87.1 cm³/mol. The fraction of sp³-hybridized carbons (Fsp3) is 1.00. The molecule has 20 heavy (non-hydrogen) atoms. The molecule has 2 fully saturated rings. The Morgan fingerprint density at radius 2 is 1.60 bits per heavy atom. The van der Waals surface area contributed by atoms with Crippen LogP contribution >= 0.6 is 0 Å². The number of piperazine rings is 1. The van der Waals surface area contributed by atoms with E-state index in [-0.39, 0.29) is 0 Å². The van der Waals surface area contributed by atoms with Crippen LogP contribution in [0.15, 0.2) is 0 Å². The highest BCUT2D eigenvalue weighted by Gasteiger charge is 2.36. The summed E-state index contributed by atoms with van der Waals surface area (Å²) >= 11 is 0. The maximum atomic E-state index is 2.76. The van der Waals surface area contributed by atoms with E-state index in [2.05, 4.69) is 56.4 Å². The van der Waals surface area contributed by atoms with Gasteiger partial charge in [-0.15, -0.1) is 0 Å². The molecule has 2 aliphatic rings. The minimum absolute atomic E-state index is 0.411. The highest BCUT2D eigenvalue weighted by molar-refractivity contribution is 4.91. The zero-order valence-corrected chi connectivity index (χ0v) is 14.5. The smallest absolute Gasteiger partial charge is 0.0149 e. The van der Waals surface area contributed by atoms with Crippen molar-refractivity contribution in [2.24, 2.45) is 11.3 Å². The van der Waals surface area contributed by atoms with E-state index in [0.29, 0.717) is 5.41 Å². The maximum Gasteiger partial charge on any atom is 0.0149 e. The van der Waals surface area contributed by atoms with Crippen molar-refractivity contribution in [2.45, 2.75) is 53.1 Å². The largest absolute Gasteiger partial charge is 0.304 e. The fourth-order valence-electron chi connectivity index (χ4n) is 3.89. The Morgan fingerprint density at radius 3 is 2.15 bits per heavy atom. The summed E-state index contributed by atoms with van der Waals surface area (Å²) in [5, 5.41) is 0. The minimum atomic E-state index is 0.411. The Kier molecular flexibility index (Phi) is 5.14. The van der Waals surface area contributed by atoms with E-state index in [1.807, 2.05) is 0 Å². The van der Waals surface area contributed by atoms with E-state index in [1.165, 1.54) is 45.7 Å². The summed E-state index contributed by atoms with van der Waals surface area (Å²) in [5.74, 6) is 0.803. The first-order chi connectivity index (χ1) is 9.26. The summed E-state index contributed by atoms with van der Waals surface area (Å²) in [6.07, 6.45) is 1.35. The van der Waals surface area contributed by atoms with Crippen LogP contribution in [-0.4, -0.2) is 73.1 Å². The lowest BCUT2D eigenvalue weighted by Gasteiger charge is -2.49. The van der Waals surface area contributed by atoms with Gasteiger partial charge in [-0.3, -0.25) is 9.80 Å². The van der Waals surface area contributed by atoms with E-state index < -0.39 is 0 Å². The Morgan fingerprint density at radius 1 is 1.00 bits per heavy atom. The Hall–Kier alpha value is -0.120. The molecule has 3 atom stereocenters. The molecule has 0 bridgehead atoms. The lowest BCUT2D eigenvalue weighted by Crippen LogP contribution is -2.58. The fourth-order valence-corrected chi connectivity index (χ4v) is 3.89. The van der Waals surface area contributed by atoms with Gasteiger partial charge in [-0.25, -0.2) is 0 Å². The molecule has 0 aromatic carbocycles. The summed E-state index contributed by atoms with van der Waals surface area (Å²) in [5.41, 5.74) is 0.411. The molecule has 2 saturated heterocycles. The molecule has 118 valence electrons. The first kappa shape index (κ1) is 16.3. The van der Waals surface area contributed by atoms with Crippen LogP contribution in [-0.2, 0) is 0 Å². The summed E-state index contributed by atoms with van der Waals surface area (Å²) in [6.45, 7) is 19.5. The van der Waals surface area contributed by atoms with E-state index in [4.69, 9.17) is 0 Å². The second-order valence-corrected chi connectivity index (χ2v) is 8.46. The van der Waals surface area contributed by atoms with Crippen LogP contribution in [0.25, 0.3) is 0 Å². The molecule has 1 unspecified atom stereocenters. The molecule has 0 aliphatic carbocycles. The SMILES string of the molecule is C[C@@H]1CC(N2CCN(C)CC2)[C@@H](C)CN1CC(C)(C)C. The monoisotopic (exact) mass is 281 g/mol. The van der Waals surface area contributed by atoms with Crippen LogP contribution < -0.4 is 0 Å². The highest BCUT2D eigenvalue weighted by atomic mass is 15.3. The van der Waals surface area contributed by atoms with Crippen molar-refractivity contribution in [1.82, 2.24) is 14.7 Å². The number of hydrogen-bond donors (Lipinski definition) is 0. The van der Waals surface area contributed by atoms with Crippen LogP contribution in [0, 0.1) is 11.3 Å². The number of piperidine rings is 1. The van der Waals surface area contributed by atoms with Crippen LogP contribution in [0.1, 0.15) is 41.0 Å². The van der Waals surface area contributed by atoms with Gasteiger partial charge in [0.05, 0.1) is 0 Å². The lowest BCUT2D eigenvalue weighted by atomic mass is 9.85. The third kappa shape index (κ3) is 4.19. The van der Waals surface area contributed by atoms with Gasteiger partial charge in [-0.05, 0) is 31.7 Å². The third-order valence-electron chi connectivity index (χ3n) is 5.07. The van der Waals surface area contributed by atoms with Gasteiger partial charge in [0.2, 0.25) is 0 Å². The molecule has 0 aromatic heterocycles. The van der Waals surface area contributed by atoms with E-state index >= 15 is 0 Å². The second-order valence-electron chi connectivity index (χ2n) is 8.46.